The maximum Gasteiger partial charge on any atom is 0.416 e. The van der Waals surface area contributed by atoms with E-state index in [-0.39, 0.29) is 30.8 Å². The lowest BCUT2D eigenvalue weighted by Gasteiger charge is -2.31. The van der Waals surface area contributed by atoms with Gasteiger partial charge in [0.05, 0.1) is 25.0 Å². The predicted molar refractivity (Wildman–Crippen MR) is 105 cm³/mol. The molecule has 2 aromatic rings. The van der Waals surface area contributed by atoms with E-state index in [9.17, 15) is 14.4 Å². The van der Waals surface area contributed by atoms with Gasteiger partial charge < -0.3 is 9.64 Å². The number of nitrogens with zero attached hydrogens (tertiary/aromatic N) is 4. The zero-order chi connectivity index (χ0) is 20.4. The first-order valence-corrected chi connectivity index (χ1v) is 9.63. The molecule has 1 aromatic carbocycles. The summed E-state index contributed by atoms with van der Waals surface area (Å²) < 4.78 is 5.38. The van der Waals surface area contributed by atoms with E-state index in [1.54, 1.807) is 15.9 Å². The second-order valence-electron chi connectivity index (χ2n) is 7.09. The van der Waals surface area contributed by atoms with E-state index in [0.717, 1.165) is 16.9 Å². The van der Waals surface area contributed by atoms with Gasteiger partial charge in [0.25, 0.3) is 0 Å². The first kappa shape index (κ1) is 19.1. The number of carbonyl (C=O) groups excluding carboxylic acids is 3. The summed E-state index contributed by atoms with van der Waals surface area (Å²) in [5.74, 6) is -0.451. The second kappa shape index (κ2) is 8.00. The number of pyridine rings is 1. The number of fused-ring (bicyclic) bond motifs is 1. The summed E-state index contributed by atoms with van der Waals surface area (Å²) in [4.78, 5) is 45.7. The van der Waals surface area contributed by atoms with E-state index in [2.05, 4.69) is 11.1 Å². The summed E-state index contributed by atoms with van der Waals surface area (Å²) in [6, 6.07) is 11.1. The van der Waals surface area contributed by atoms with Crippen molar-refractivity contribution in [1.82, 2.24) is 14.8 Å². The number of hydrogen-bond acceptors (Lipinski definition) is 6. The molecule has 4 rings (SSSR count). The molecule has 150 valence electrons. The molecule has 0 spiro atoms. The van der Waals surface area contributed by atoms with Crippen molar-refractivity contribution in [2.75, 3.05) is 31.1 Å². The van der Waals surface area contributed by atoms with Crippen LogP contribution in [0.4, 0.5) is 10.5 Å². The lowest BCUT2D eigenvalue weighted by atomic mass is 10.0. The van der Waals surface area contributed by atoms with Gasteiger partial charge in [0.1, 0.15) is 0 Å². The molecule has 1 aromatic heterocycles. The van der Waals surface area contributed by atoms with E-state index in [1.165, 1.54) is 17.8 Å². The maximum absolute atomic E-state index is 12.5. The highest BCUT2D eigenvalue weighted by Gasteiger charge is 2.31. The Morgan fingerprint density at radius 2 is 1.76 bits per heavy atom. The Morgan fingerprint density at radius 3 is 2.41 bits per heavy atom. The molecule has 2 aliphatic rings. The molecule has 0 bridgehead atoms. The Bertz CT molecular complexity index is 926. The normalized spacial score (nSPS) is 17.3. The molecule has 1 fully saturated rings. The van der Waals surface area contributed by atoms with E-state index in [1.807, 2.05) is 25.1 Å². The van der Waals surface area contributed by atoms with E-state index < -0.39 is 6.09 Å². The molecule has 0 saturated carbocycles. The Morgan fingerprint density at radius 1 is 1.03 bits per heavy atom. The molecule has 0 atom stereocenters. The number of anilines is 1. The van der Waals surface area contributed by atoms with Crippen molar-refractivity contribution in [2.45, 2.75) is 19.9 Å². The number of likely N-dealkylation sites (N-methyl/N-ethyl adjacent to an activating group) is 1. The summed E-state index contributed by atoms with van der Waals surface area (Å²) in [6.07, 6.45) is 1.69. The SMILES string of the molecule is CCN1CC(=O)N(c2ccc(OC(=O)N3CCc4ccccc4C3)nc2)C(=O)C1. The average Bonchev–Trinajstić information content (AvgIpc) is 2.74. The molecule has 8 heteroatoms. The van der Waals surface area contributed by atoms with Crippen LogP contribution in [0.1, 0.15) is 18.1 Å². The Hall–Kier alpha value is -3.26. The van der Waals surface area contributed by atoms with Crippen molar-refractivity contribution in [1.29, 1.82) is 0 Å². The first-order chi connectivity index (χ1) is 14.0. The van der Waals surface area contributed by atoms with Gasteiger partial charge in [-0.2, -0.15) is 0 Å². The summed E-state index contributed by atoms with van der Waals surface area (Å²) in [5.41, 5.74) is 2.74. The van der Waals surface area contributed by atoms with Crippen molar-refractivity contribution in [3.05, 3.63) is 53.7 Å². The summed E-state index contributed by atoms with van der Waals surface area (Å²) in [7, 11) is 0. The highest BCUT2D eigenvalue weighted by Crippen LogP contribution is 2.22. The molecule has 0 unspecified atom stereocenters. The molecule has 0 radical (unpaired) electrons. The predicted octanol–water partition coefficient (Wildman–Crippen LogP) is 1.83. The van der Waals surface area contributed by atoms with Crippen LogP contribution in [0, 0.1) is 0 Å². The smallest absolute Gasteiger partial charge is 0.391 e. The number of imide groups is 1. The van der Waals surface area contributed by atoms with Gasteiger partial charge in [-0.25, -0.2) is 14.7 Å². The van der Waals surface area contributed by atoms with Crippen molar-refractivity contribution < 1.29 is 19.1 Å². The minimum atomic E-state index is -0.469. The van der Waals surface area contributed by atoms with Gasteiger partial charge in [-0.1, -0.05) is 31.2 Å². The third kappa shape index (κ3) is 3.97. The van der Waals surface area contributed by atoms with Crippen LogP contribution in [0.5, 0.6) is 5.88 Å². The highest BCUT2D eigenvalue weighted by atomic mass is 16.6. The standard InChI is InChI=1S/C21H22N4O4/c1-2-23-13-19(26)25(20(27)14-23)17-7-8-18(22-11-17)29-21(28)24-10-9-15-5-3-4-6-16(15)12-24/h3-8,11H,2,9-10,12-14H2,1H3. The summed E-state index contributed by atoms with van der Waals surface area (Å²) in [5, 5.41) is 0. The summed E-state index contributed by atoms with van der Waals surface area (Å²) >= 11 is 0. The molecule has 3 heterocycles. The third-order valence-electron chi connectivity index (χ3n) is 5.22. The highest BCUT2D eigenvalue weighted by molar-refractivity contribution is 6.17. The molecule has 3 amide bonds. The zero-order valence-corrected chi connectivity index (χ0v) is 16.2. The summed E-state index contributed by atoms with van der Waals surface area (Å²) in [6.45, 7) is 4.00. The van der Waals surface area contributed by atoms with Crippen LogP contribution in [0.25, 0.3) is 0 Å². The van der Waals surface area contributed by atoms with E-state index in [4.69, 9.17) is 4.74 Å². The Kier molecular flexibility index (Phi) is 5.26. The van der Waals surface area contributed by atoms with Crippen LogP contribution in [0.3, 0.4) is 0 Å². The van der Waals surface area contributed by atoms with Gasteiger partial charge in [0.15, 0.2) is 0 Å². The molecule has 8 nitrogen and oxygen atoms in total. The Balaban J connectivity index is 1.40. The number of piperazine rings is 1. The topological polar surface area (TPSA) is 83.1 Å². The lowest BCUT2D eigenvalue weighted by Crippen LogP contribution is -2.54. The van der Waals surface area contributed by atoms with Crippen LogP contribution in [0.15, 0.2) is 42.6 Å². The fourth-order valence-corrected chi connectivity index (χ4v) is 3.60. The fourth-order valence-electron chi connectivity index (χ4n) is 3.60. The number of benzene rings is 1. The monoisotopic (exact) mass is 394 g/mol. The molecule has 29 heavy (non-hydrogen) atoms. The molecular formula is C21H22N4O4. The van der Waals surface area contributed by atoms with Gasteiger partial charge in [-0.05, 0) is 30.2 Å². The van der Waals surface area contributed by atoms with Gasteiger partial charge in [-0.3, -0.25) is 14.5 Å². The van der Waals surface area contributed by atoms with Gasteiger partial charge >= 0.3 is 6.09 Å². The molecule has 0 N–H and O–H groups in total. The minimum Gasteiger partial charge on any atom is -0.391 e. The second-order valence-corrected chi connectivity index (χ2v) is 7.09. The van der Waals surface area contributed by atoms with Gasteiger partial charge in [-0.15, -0.1) is 0 Å². The van der Waals surface area contributed by atoms with Crippen LogP contribution in [0.2, 0.25) is 0 Å². The van der Waals surface area contributed by atoms with Crippen molar-refractivity contribution >= 4 is 23.6 Å². The van der Waals surface area contributed by atoms with Crippen molar-refractivity contribution in [3.8, 4) is 5.88 Å². The van der Waals surface area contributed by atoms with Crippen LogP contribution in [-0.4, -0.2) is 58.9 Å². The molecule has 0 aliphatic carbocycles. The van der Waals surface area contributed by atoms with Crippen LogP contribution in [-0.2, 0) is 22.6 Å². The molecular weight excluding hydrogens is 372 g/mol. The van der Waals surface area contributed by atoms with Crippen molar-refractivity contribution in [3.63, 3.8) is 0 Å². The molecule has 1 saturated heterocycles. The number of rotatable bonds is 3. The quantitative estimate of drug-likeness (QED) is 0.739. The lowest BCUT2D eigenvalue weighted by molar-refractivity contribution is -0.131. The number of amides is 3. The number of carbonyl (C=O) groups is 3. The maximum atomic E-state index is 12.5. The van der Waals surface area contributed by atoms with E-state index in [0.29, 0.717) is 25.3 Å². The van der Waals surface area contributed by atoms with Gasteiger partial charge in [0, 0.05) is 19.2 Å². The average molecular weight is 394 g/mol. The third-order valence-corrected chi connectivity index (χ3v) is 5.22. The Labute approximate surface area is 168 Å². The largest absolute Gasteiger partial charge is 0.416 e. The first-order valence-electron chi connectivity index (χ1n) is 9.63. The van der Waals surface area contributed by atoms with Crippen LogP contribution >= 0.6 is 0 Å². The fraction of sp³-hybridized carbons (Fsp3) is 0.333. The van der Waals surface area contributed by atoms with Gasteiger partial charge in [0.2, 0.25) is 17.7 Å². The number of aromatic nitrogens is 1. The zero-order valence-electron chi connectivity index (χ0n) is 16.2. The van der Waals surface area contributed by atoms with Crippen molar-refractivity contribution in [2.24, 2.45) is 0 Å². The van der Waals surface area contributed by atoms with Crippen LogP contribution < -0.4 is 9.64 Å². The van der Waals surface area contributed by atoms with E-state index >= 15 is 0 Å². The number of hydrogen-bond donors (Lipinski definition) is 0. The number of ether oxygens (including phenoxy) is 1. The molecule has 2 aliphatic heterocycles. The minimum absolute atomic E-state index is 0.129.